The zero-order valence-corrected chi connectivity index (χ0v) is 23.3. The first-order chi connectivity index (χ1) is 19.0. The van der Waals surface area contributed by atoms with Gasteiger partial charge in [-0.05, 0) is 61.3 Å². The van der Waals surface area contributed by atoms with Crippen LogP contribution in [0, 0.1) is 27.9 Å². The first-order valence-electron chi connectivity index (χ1n) is 13.1. The van der Waals surface area contributed by atoms with E-state index in [1.807, 2.05) is 70.9 Å². The summed E-state index contributed by atoms with van der Waals surface area (Å²) in [6, 6.07) is 22.2. The molecule has 2 heterocycles. The highest BCUT2D eigenvalue weighted by molar-refractivity contribution is 8.00. The van der Waals surface area contributed by atoms with Gasteiger partial charge in [0, 0.05) is 44.3 Å². The van der Waals surface area contributed by atoms with E-state index in [9.17, 15) is 14.9 Å². The van der Waals surface area contributed by atoms with Gasteiger partial charge in [-0.3, -0.25) is 19.5 Å². The Kier molecular flexibility index (Phi) is 6.29. The number of thioether (sulfide) groups is 1. The number of aromatic nitrogens is 1. The predicted octanol–water partition coefficient (Wildman–Crippen LogP) is 7.69. The van der Waals surface area contributed by atoms with E-state index < -0.39 is 0 Å². The van der Waals surface area contributed by atoms with Crippen LogP contribution in [0.2, 0.25) is 5.02 Å². The molecule has 1 aromatic heterocycles. The van der Waals surface area contributed by atoms with Crippen LogP contribution in [-0.2, 0) is 6.61 Å². The maximum Gasteiger partial charge on any atom is 0.312 e. The second kappa shape index (κ2) is 9.84. The lowest BCUT2D eigenvalue weighted by atomic mass is 9.74. The number of thiazole rings is 1. The maximum absolute atomic E-state index is 13.5. The quantitative estimate of drug-likeness (QED) is 0.174. The summed E-state index contributed by atoms with van der Waals surface area (Å²) in [7, 11) is 0. The second-order valence-corrected chi connectivity index (χ2v) is 13.1. The third-order valence-corrected chi connectivity index (χ3v) is 11.6. The molecule has 198 valence electrons. The van der Waals surface area contributed by atoms with Crippen molar-refractivity contribution in [1.82, 2.24) is 4.57 Å². The molecule has 0 unspecified atom stereocenters. The van der Waals surface area contributed by atoms with Crippen LogP contribution in [0.4, 0.5) is 5.69 Å². The summed E-state index contributed by atoms with van der Waals surface area (Å²) in [4.78, 5) is 26.0. The third kappa shape index (κ3) is 4.20. The lowest BCUT2D eigenvalue weighted by Gasteiger charge is -2.40. The Morgan fingerprint density at radius 3 is 2.59 bits per heavy atom. The van der Waals surface area contributed by atoms with Crippen molar-refractivity contribution in [1.29, 1.82) is 0 Å². The van der Waals surface area contributed by atoms with Gasteiger partial charge in [0.25, 0.3) is 5.69 Å². The molecule has 0 saturated heterocycles. The Morgan fingerprint density at radius 2 is 1.79 bits per heavy atom. The molecule has 9 heteroatoms. The van der Waals surface area contributed by atoms with Crippen LogP contribution in [0.5, 0.6) is 5.75 Å². The van der Waals surface area contributed by atoms with E-state index >= 15 is 0 Å². The van der Waals surface area contributed by atoms with E-state index in [-0.39, 0.29) is 28.0 Å². The molecule has 5 atom stereocenters. The number of ether oxygens (including phenoxy) is 1. The van der Waals surface area contributed by atoms with Gasteiger partial charge < -0.3 is 4.74 Å². The Morgan fingerprint density at radius 1 is 1.03 bits per heavy atom. The Labute approximate surface area is 238 Å². The lowest BCUT2D eigenvalue weighted by Crippen LogP contribution is -2.34. The number of hydrogen-bond donors (Lipinski definition) is 0. The molecule has 7 rings (SSSR count). The maximum atomic E-state index is 13.5. The molecular weight excluding hydrogens is 552 g/mol. The highest BCUT2D eigenvalue weighted by Crippen LogP contribution is 2.65. The number of fused-ring (bicyclic) bond motifs is 6. The summed E-state index contributed by atoms with van der Waals surface area (Å²) in [6.45, 7) is 0.250. The first-order valence-corrected chi connectivity index (χ1v) is 15.2. The van der Waals surface area contributed by atoms with Gasteiger partial charge in [0.15, 0.2) is 0 Å². The number of non-ortho nitro benzene ring substituents is 1. The van der Waals surface area contributed by atoms with Gasteiger partial charge in [-0.15, -0.1) is 11.8 Å². The van der Waals surface area contributed by atoms with E-state index in [1.54, 1.807) is 12.1 Å². The van der Waals surface area contributed by atoms with Crippen molar-refractivity contribution in [2.24, 2.45) is 17.8 Å². The first kappa shape index (κ1) is 24.9. The summed E-state index contributed by atoms with van der Waals surface area (Å²) in [5, 5.41) is 13.9. The van der Waals surface area contributed by atoms with Crippen LogP contribution in [0.25, 0.3) is 5.69 Å². The Balaban J connectivity index is 1.39. The standard InChI is InChI=1S/C30H25ClN2O4S2/c31-23-9-5-4-6-19(23)16-37-24-13-12-21(33(35)36)15-22(24)26-25-17-10-11-18(14-17)27(25)38-29-28(26)39-30(34)32(29)20-7-2-1-3-8-20/h1-9,12-13,15,17-18,25-27H,10-11,14,16H2/t17-,18+,25-,26-,27+/m1/s1. The molecule has 39 heavy (non-hydrogen) atoms. The number of halogens is 1. The van der Waals surface area contributed by atoms with Gasteiger partial charge in [0.2, 0.25) is 0 Å². The van der Waals surface area contributed by atoms with Crippen LogP contribution in [0.1, 0.15) is 41.2 Å². The minimum atomic E-state index is -0.351. The average Bonchev–Trinajstić information content (AvgIpc) is 3.65. The molecule has 2 fully saturated rings. The lowest BCUT2D eigenvalue weighted by molar-refractivity contribution is -0.385. The second-order valence-electron chi connectivity index (χ2n) is 10.5. The molecule has 4 aromatic rings. The SMILES string of the molecule is O=c1sc2c(n1-c1ccccc1)S[C@H]1[C@H]3CC[C@H](C3)[C@@H]1[C@H]2c1cc([N+](=O)[O-])ccc1OCc1ccccc1Cl. The summed E-state index contributed by atoms with van der Waals surface area (Å²) in [5.41, 5.74) is 2.52. The van der Waals surface area contributed by atoms with Gasteiger partial charge in [0.1, 0.15) is 12.4 Å². The topological polar surface area (TPSA) is 74.4 Å². The van der Waals surface area contributed by atoms with Crippen molar-refractivity contribution in [3.05, 3.63) is 114 Å². The molecule has 3 aromatic carbocycles. The number of benzene rings is 3. The van der Waals surface area contributed by atoms with E-state index in [0.717, 1.165) is 33.1 Å². The van der Waals surface area contributed by atoms with Gasteiger partial charge in [-0.2, -0.15) is 0 Å². The molecule has 0 radical (unpaired) electrons. The van der Waals surface area contributed by atoms with Crippen LogP contribution in [0.3, 0.4) is 0 Å². The Hall–Kier alpha value is -3.07. The van der Waals surface area contributed by atoms with Gasteiger partial charge in [-0.1, -0.05) is 59.3 Å². The van der Waals surface area contributed by atoms with Crippen molar-refractivity contribution < 1.29 is 9.66 Å². The van der Waals surface area contributed by atoms with E-state index in [2.05, 4.69) is 0 Å². The molecule has 2 bridgehead atoms. The third-order valence-electron chi connectivity index (χ3n) is 8.51. The molecule has 0 spiro atoms. The molecular formula is C30H25ClN2O4S2. The highest BCUT2D eigenvalue weighted by Gasteiger charge is 2.56. The van der Waals surface area contributed by atoms with Crippen molar-refractivity contribution >= 4 is 40.4 Å². The number of nitro benzene ring substituents is 1. The molecule has 2 saturated carbocycles. The van der Waals surface area contributed by atoms with Crippen molar-refractivity contribution in [2.75, 3.05) is 0 Å². The number of nitrogens with zero attached hydrogens (tertiary/aromatic N) is 2. The zero-order chi connectivity index (χ0) is 26.7. The summed E-state index contributed by atoms with van der Waals surface area (Å²) in [6.07, 6.45) is 3.54. The van der Waals surface area contributed by atoms with Gasteiger partial charge >= 0.3 is 4.87 Å². The van der Waals surface area contributed by atoms with Crippen LogP contribution >= 0.6 is 34.7 Å². The number of para-hydroxylation sites is 1. The van der Waals surface area contributed by atoms with E-state index in [0.29, 0.717) is 33.8 Å². The molecule has 6 nitrogen and oxygen atoms in total. The molecule has 3 aliphatic rings. The normalized spacial score (nSPS) is 24.8. The van der Waals surface area contributed by atoms with Crippen molar-refractivity contribution in [2.45, 2.75) is 42.1 Å². The minimum absolute atomic E-state index is 0.0278. The minimum Gasteiger partial charge on any atom is -0.489 e. The van der Waals surface area contributed by atoms with Crippen molar-refractivity contribution in [3.8, 4) is 11.4 Å². The van der Waals surface area contributed by atoms with Gasteiger partial charge in [0.05, 0.1) is 15.6 Å². The summed E-state index contributed by atoms with van der Waals surface area (Å²) in [5.74, 6) is 1.88. The molecule has 2 aliphatic carbocycles. The van der Waals surface area contributed by atoms with Crippen molar-refractivity contribution in [3.63, 3.8) is 0 Å². The van der Waals surface area contributed by atoms with Crippen LogP contribution < -0.4 is 9.61 Å². The fourth-order valence-electron chi connectivity index (χ4n) is 6.85. The summed E-state index contributed by atoms with van der Waals surface area (Å²) >= 11 is 9.51. The fourth-order valence-corrected chi connectivity index (χ4v) is 10.2. The highest BCUT2D eigenvalue weighted by atomic mass is 35.5. The zero-order valence-electron chi connectivity index (χ0n) is 20.9. The number of rotatable bonds is 6. The smallest absolute Gasteiger partial charge is 0.312 e. The van der Waals surface area contributed by atoms with E-state index in [1.165, 1.54) is 30.2 Å². The Bertz CT molecular complexity index is 1640. The number of nitro groups is 1. The fraction of sp³-hybridized carbons (Fsp3) is 0.300. The number of hydrogen-bond acceptors (Lipinski definition) is 6. The molecule has 1 aliphatic heterocycles. The summed E-state index contributed by atoms with van der Waals surface area (Å²) < 4.78 is 8.20. The molecule has 0 amide bonds. The predicted molar refractivity (Wildman–Crippen MR) is 155 cm³/mol. The molecule has 0 N–H and O–H groups in total. The largest absolute Gasteiger partial charge is 0.489 e. The van der Waals surface area contributed by atoms with Crippen LogP contribution in [-0.4, -0.2) is 14.7 Å². The van der Waals surface area contributed by atoms with Gasteiger partial charge in [-0.25, -0.2) is 0 Å². The average molecular weight is 577 g/mol. The van der Waals surface area contributed by atoms with Crippen LogP contribution in [0.15, 0.2) is 82.6 Å². The monoisotopic (exact) mass is 576 g/mol. The van der Waals surface area contributed by atoms with E-state index in [4.69, 9.17) is 16.3 Å².